The van der Waals surface area contributed by atoms with Crippen molar-refractivity contribution in [2.45, 2.75) is 26.2 Å². The molecular formula is C30H24N2O2. The number of hydrogen-bond acceptors (Lipinski definition) is 4. The number of aryl methyl sites for hydroxylation is 2. The summed E-state index contributed by atoms with van der Waals surface area (Å²) in [6, 6.07) is 28.1. The number of rotatable bonds is 6. The van der Waals surface area contributed by atoms with Gasteiger partial charge in [0, 0.05) is 35.0 Å². The third-order valence-electron chi connectivity index (χ3n) is 6.59. The van der Waals surface area contributed by atoms with Crippen LogP contribution in [0.4, 0.5) is 0 Å². The van der Waals surface area contributed by atoms with Crippen LogP contribution in [0, 0.1) is 47.8 Å². The van der Waals surface area contributed by atoms with Gasteiger partial charge in [0.25, 0.3) is 0 Å². The Morgan fingerprint density at radius 1 is 0.794 bits per heavy atom. The van der Waals surface area contributed by atoms with Gasteiger partial charge in [0.2, 0.25) is 0 Å². The zero-order chi connectivity index (χ0) is 24.3. The van der Waals surface area contributed by atoms with E-state index in [0.717, 1.165) is 11.1 Å². The van der Waals surface area contributed by atoms with Crippen molar-refractivity contribution in [2.75, 3.05) is 0 Å². The van der Waals surface area contributed by atoms with E-state index >= 15 is 0 Å². The molecule has 0 unspecified atom stereocenters. The number of carbonyl (C=O) groups excluding carboxylic acids is 2. The summed E-state index contributed by atoms with van der Waals surface area (Å²) < 4.78 is 0. The Bertz CT molecular complexity index is 1320. The molecule has 0 saturated carbocycles. The van der Waals surface area contributed by atoms with Gasteiger partial charge in [-0.25, -0.2) is 0 Å². The summed E-state index contributed by atoms with van der Waals surface area (Å²) in [5, 5.41) is 20.6. The molecule has 1 aliphatic carbocycles. The highest BCUT2D eigenvalue weighted by molar-refractivity contribution is 6.10. The van der Waals surface area contributed by atoms with Crippen LogP contribution in [0.1, 0.15) is 49.7 Å². The van der Waals surface area contributed by atoms with E-state index in [-0.39, 0.29) is 18.0 Å². The largest absolute Gasteiger partial charge is 0.294 e. The summed E-state index contributed by atoms with van der Waals surface area (Å²) in [4.78, 5) is 26.8. The summed E-state index contributed by atoms with van der Waals surface area (Å²) in [7, 11) is 0. The highest BCUT2D eigenvalue weighted by Gasteiger charge is 2.54. The zero-order valence-electron chi connectivity index (χ0n) is 19.2. The predicted molar refractivity (Wildman–Crippen MR) is 130 cm³/mol. The molecule has 3 aromatic rings. The number of nitrogens with zero attached hydrogens (tertiary/aromatic N) is 2. The van der Waals surface area contributed by atoms with Crippen LogP contribution in [0.5, 0.6) is 0 Å². The SMILES string of the molecule is Cc1ccc(C(=O)C[C@H]2C=C(C(=O)c3ccc(C)cc3)[C@H](c3ccccc3)C2(C#N)C#N)cc1. The van der Waals surface area contributed by atoms with E-state index in [2.05, 4.69) is 12.1 Å². The van der Waals surface area contributed by atoms with Crippen LogP contribution in [-0.4, -0.2) is 11.6 Å². The summed E-state index contributed by atoms with van der Waals surface area (Å²) in [6.07, 6.45) is 1.66. The lowest BCUT2D eigenvalue weighted by Crippen LogP contribution is -2.32. The Hall–Kier alpha value is -4.28. The van der Waals surface area contributed by atoms with Gasteiger partial charge in [-0.3, -0.25) is 9.59 Å². The lowest BCUT2D eigenvalue weighted by atomic mass is 9.67. The molecule has 0 bridgehead atoms. The van der Waals surface area contributed by atoms with Crippen molar-refractivity contribution in [3.05, 3.63) is 118 Å². The third kappa shape index (κ3) is 4.07. The van der Waals surface area contributed by atoms with Crippen molar-refractivity contribution in [2.24, 2.45) is 11.3 Å². The zero-order valence-corrected chi connectivity index (χ0v) is 19.2. The van der Waals surface area contributed by atoms with Gasteiger partial charge in [-0.05, 0) is 19.4 Å². The van der Waals surface area contributed by atoms with Crippen molar-refractivity contribution >= 4 is 11.6 Å². The molecule has 0 amide bonds. The molecule has 4 heteroatoms. The summed E-state index contributed by atoms with van der Waals surface area (Å²) in [5.41, 5.74) is 2.61. The molecule has 0 fully saturated rings. The van der Waals surface area contributed by atoms with E-state index in [1.165, 1.54) is 0 Å². The van der Waals surface area contributed by atoms with Crippen molar-refractivity contribution in [3.8, 4) is 12.1 Å². The Morgan fingerprint density at radius 2 is 1.32 bits per heavy atom. The molecule has 0 aromatic heterocycles. The number of Topliss-reactive ketones (excluding diaryl/α,β-unsaturated/α-hetero) is 2. The van der Waals surface area contributed by atoms with Crippen molar-refractivity contribution < 1.29 is 9.59 Å². The standard InChI is InChI=1S/C30H24N2O2/c1-20-8-12-22(13-9-20)27(33)17-25-16-26(29(34)24-14-10-21(2)11-15-24)28(30(25,18-31)19-32)23-6-4-3-5-7-23/h3-16,25,28H,17H2,1-2H3/t25-,28+/m1/s1. The maximum Gasteiger partial charge on any atom is 0.189 e. The molecule has 0 heterocycles. The molecule has 2 atom stereocenters. The maximum atomic E-state index is 13.6. The fourth-order valence-electron chi connectivity index (χ4n) is 4.67. The first-order chi connectivity index (χ1) is 16.4. The van der Waals surface area contributed by atoms with Crippen LogP contribution < -0.4 is 0 Å². The average molecular weight is 445 g/mol. The van der Waals surface area contributed by atoms with Crippen LogP contribution >= 0.6 is 0 Å². The van der Waals surface area contributed by atoms with Crippen LogP contribution in [-0.2, 0) is 0 Å². The first kappa shape index (κ1) is 22.9. The summed E-state index contributed by atoms with van der Waals surface area (Å²) >= 11 is 0. The molecule has 0 aliphatic heterocycles. The van der Waals surface area contributed by atoms with Gasteiger partial charge in [-0.2, -0.15) is 10.5 Å². The Balaban J connectivity index is 1.81. The van der Waals surface area contributed by atoms with Gasteiger partial charge < -0.3 is 0 Å². The summed E-state index contributed by atoms with van der Waals surface area (Å²) in [5.74, 6) is -1.86. The number of benzene rings is 3. The fourth-order valence-corrected chi connectivity index (χ4v) is 4.67. The Morgan fingerprint density at radius 3 is 1.85 bits per heavy atom. The number of carbonyl (C=O) groups is 2. The number of allylic oxidation sites excluding steroid dienone is 2. The molecule has 4 rings (SSSR count). The van der Waals surface area contributed by atoms with Crippen molar-refractivity contribution in [1.29, 1.82) is 10.5 Å². The van der Waals surface area contributed by atoms with E-state index < -0.39 is 17.3 Å². The van der Waals surface area contributed by atoms with Gasteiger partial charge >= 0.3 is 0 Å². The van der Waals surface area contributed by atoms with E-state index in [1.807, 2.05) is 68.4 Å². The second-order valence-corrected chi connectivity index (χ2v) is 8.85. The van der Waals surface area contributed by atoms with E-state index in [1.54, 1.807) is 30.3 Å². The Kier molecular flexibility index (Phi) is 6.26. The second kappa shape index (κ2) is 9.30. The monoisotopic (exact) mass is 444 g/mol. The first-order valence-electron chi connectivity index (χ1n) is 11.2. The van der Waals surface area contributed by atoms with Crippen LogP contribution in [0.15, 0.2) is 90.5 Å². The molecule has 4 nitrogen and oxygen atoms in total. The quantitative estimate of drug-likeness (QED) is 0.428. The second-order valence-electron chi connectivity index (χ2n) is 8.85. The van der Waals surface area contributed by atoms with Gasteiger partial charge in [-0.15, -0.1) is 0 Å². The minimum Gasteiger partial charge on any atom is -0.294 e. The molecule has 166 valence electrons. The highest BCUT2D eigenvalue weighted by atomic mass is 16.1. The third-order valence-corrected chi connectivity index (χ3v) is 6.59. The molecular weight excluding hydrogens is 420 g/mol. The Labute approximate surface area is 199 Å². The molecule has 0 N–H and O–H groups in total. The topological polar surface area (TPSA) is 81.7 Å². The minimum atomic E-state index is -1.57. The number of ketones is 2. The normalized spacial score (nSPS) is 18.4. The lowest BCUT2D eigenvalue weighted by Gasteiger charge is -2.29. The van der Waals surface area contributed by atoms with Crippen LogP contribution in [0.2, 0.25) is 0 Å². The fraction of sp³-hybridized carbons (Fsp3) is 0.200. The van der Waals surface area contributed by atoms with Crippen molar-refractivity contribution in [3.63, 3.8) is 0 Å². The van der Waals surface area contributed by atoms with E-state index in [9.17, 15) is 20.1 Å². The average Bonchev–Trinajstić information content (AvgIpc) is 3.19. The van der Waals surface area contributed by atoms with E-state index in [4.69, 9.17) is 0 Å². The molecule has 1 aliphatic rings. The first-order valence-corrected chi connectivity index (χ1v) is 11.2. The van der Waals surface area contributed by atoms with Gasteiger partial charge in [0.15, 0.2) is 17.0 Å². The summed E-state index contributed by atoms with van der Waals surface area (Å²) in [6.45, 7) is 3.89. The van der Waals surface area contributed by atoms with Gasteiger partial charge in [0.05, 0.1) is 12.1 Å². The van der Waals surface area contributed by atoms with E-state index in [0.29, 0.717) is 22.3 Å². The predicted octanol–water partition coefficient (Wildman–Crippen LogP) is 6.13. The number of hydrogen-bond donors (Lipinski definition) is 0. The van der Waals surface area contributed by atoms with Gasteiger partial charge in [-0.1, -0.05) is 96.1 Å². The van der Waals surface area contributed by atoms with Crippen LogP contribution in [0.3, 0.4) is 0 Å². The smallest absolute Gasteiger partial charge is 0.189 e. The minimum absolute atomic E-state index is 0.0296. The molecule has 0 saturated heterocycles. The highest BCUT2D eigenvalue weighted by Crippen LogP contribution is 2.54. The van der Waals surface area contributed by atoms with Gasteiger partial charge in [0.1, 0.15) is 0 Å². The number of nitriles is 2. The lowest BCUT2D eigenvalue weighted by molar-refractivity contribution is 0.0955. The maximum absolute atomic E-state index is 13.6. The molecule has 34 heavy (non-hydrogen) atoms. The molecule has 3 aromatic carbocycles. The van der Waals surface area contributed by atoms with Crippen LogP contribution in [0.25, 0.3) is 0 Å². The van der Waals surface area contributed by atoms with Crippen molar-refractivity contribution in [1.82, 2.24) is 0 Å². The molecule has 0 spiro atoms. The molecule has 0 radical (unpaired) electrons.